The second-order valence-electron chi connectivity index (χ2n) is 3.18. The molecule has 2 aromatic rings. The third-order valence-corrected chi connectivity index (χ3v) is 2.34. The molecule has 0 aliphatic rings. The van der Waals surface area contributed by atoms with Crippen molar-refractivity contribution in [2.75, 3.05) is 0 Å². The molecule has 0 saturated carbocycles. The van der Waals surface area contributed by atoms with E-state index >= 15 is 0 Å². The van der Waals surface area contributed by atoms with Crippen LogP contribution in [0.1, 0.15) is 6.92 Å². The molecule has 0 amide bonds. The zero-order chi connectivity index (χ0) is 10.1. The first kappa shape index (κ1) is 9.21. The fourth-order valence-corrected chi connectivity index (χ4v) is 1.68. The highest BCUT2D eigenvalue weighted by atomic mass is 35.5. The molecule has 0 radical (unpaired) electrons. The zero-order valence-corrected chi connectivity index (χ0v) is 8.45. The van der Waals surface area contributed by atoms with Gasteiger partial charge in [-0.3, -0.25) is 4.79 Å². The van der Waals surface area contributed by atoms with Crippen molar-refractivity contribution in [3.05, 3.63) is 29.7 Å². The van der Waals surface area contributed by atoms with Gasteiger partial charge in [0.05, 0.1) is 12.1 Å². The monoisotopic (exact) mass is 208 g/mol. The molecular formula is C10H9ClN2O. The van der Waals surface area contributed by atoms with Crippen LogP contribution in [0, 0.1) is 0 Å². The van der Waals surface area contributed by atoms with Crippen molar-refractivity contribution in [2.45, 2.75) is 13.5 Å². The lowest BCUT2D eigenvalue weighted by atomic mass is 10.3. The summed E-state index contributed by atoms with van der Waals surface area (Å²) in [6, 6.07) is 3.72. The van der Waals surface area contributed by atoms with Crippen LogP contribution < -0.4 is 0 Å². The molecule has 0 aliphatic carbocycles. The van der Waals surface area contributed by atoms with Crippen LogP contribution in [-0.4, -0.2) is 15.3 Å². The Morgan fingerprint density at radius 1 is 1.57 bits per heavy atom. The molecule has 0 spiro atoms. The summed E-state index contributed by atoms with van der Waals surface area (Å²) in [5.41, 5.74) is 0.945. The standard InChI is InChI=1S/C10H9ClN2O/c1-7(14)6-13-5-3-8-9(13)2-4-12-10(8)11/h2-5H,6H2,1H3. The molecule has 2 aromatic heterocycles. The van der Waals surface area contributed by atoms with Crippen molar-refractivity contribution in [3.63, 3.8) is 0 Å². The van der Waals surface area contributed by atoms with Gasteiger partial charge in [-0.1, -0.05) is 11.6 Å². The van der Waals surface area contributed by atoms with Crippen molar-refractivity contribution < 1.29 is 4.79 Å². The fraction of sp³-hybridized carbons (Fsp3) is 0.200. The molecule has 0 saturated heterocycles. The predicted octanol–water partition coefficient (Wildman–Crippen LogP) is 2.28. The van der Waals surface area contributed by atoms with E-state index in [-0.39, 0.29) is 5.78 Å². The third kappa shape index (κ3) is 1.51. The van der Waals surface area contributed by atoms with E-state index in [0.29, 0.717) is 11.7 Å². The van der Waals surface area contributed by atoms with E-state index in [4.69, 9.17) is 11.6 Å². The quantitative estimate of drug-likeness (QED) is 0.710. The molecule has 2 rings (SSSR count). The van der Waals surface area contributed by atoms with Crippen molar-refractivity contribution >= 4 is 28.3 Å². The van der Waals surface area contributed by atoms with Gasteiger partial charge in [0.15, 0.2) is 0 Å². The van der Waals surface area contributed by atoms with Crippen molar-refractivity contribution in [3.8, 4) is 0 Å². The van der Waals surface area contributed by atoms with Gasteiger partial charge in [0, 0.05) is 17.8 Å². The Morgan fingerprint density at radius 3 is 3.07 bits per heavy atom. The van der Waals surface area contributed by atoms with Crippen molar-refractivity contribution in [2.24, 2.45) is 0 Å². The summed E-state index contributed by atoms with van der Waals surface area (Å²) in [6.45, 7) is 1.94. The highest BCUT2D eigenvalue weighted by molar-refractivity contribution is 6.34. The van der Waals surface area contributed by atoms with Crippen molar-refractivity contribution in [1.82, 2.24) is 9.55 Å². The maximum Gasteiger partial charge on any atom is 0.149 e. The summed E-state index contributed by atoms with van der Waals surface area (Å²) < 4.78 is 1.87. The summed E-state index contributed by atoms with van der Waals surface area (Å²) in [5, 5.41) is 1.36. The van der Waals surface area contributed by atoms with Gasteiger partial charge in [-0.25, -0.2) is 4.98 Å². The SMILES string of the molecule is CC(=O)Cn1ccc2c(Cl)nccc21. The first-order chi connectivity index (χ1) is 6.68. The van der Waals surface area contributed by atoms with E-state index in [2.05, 4.69) is 4.98 Å². The zero-order valence-electron chi connectivity index (χ0n) is 7.70. The summed E-state index contributed by atoms with van der Waals surface area (Å²) in [5.74, 6) is 0.121. The number of hydrogen-bond acceptors (Lipinski definition) is 2. The average molecular weight is 209 g/mol. The maximum atomic E-state index is 11.0. The molecule has 72 valence electrons. The molecule has 3 nitrogen and oxygen atoms in total. The van der Waals surface area contributed by atoms with E-state index in [1.54, 1.807) is 13.1 Å². The van der Waals surface area contributed by atoms with E-state index < -0.39 is 0 Å². The Bertz CT molecular complexity index is 490. The van der Waals surface area contributed by atoms with Gasteiger partial charge in [0.25, 0.3) is 0 Å². The summed E-state index contributed by atoms with van der Waals surface area (Å²) >= 11 is 5.90. The minimum atomic E-state index is 0.121. The number of Topliss-reactive ketones (excluding diaryl/α,β-unsaturated/α-hetero) is 1. The third-order valence-electron chi connectivity index (χ3n) is 2.04. The Kier molecular flexibility index (Phi) is 2.25. The van der Waals surface area contributed by atoms with Crippen LogP contribution in [0.5, 0.6) is 0 Å². The Balaban J connectivity index is 2.58. The van der Waals surface area contributed by atoms with Crippen molar-refractivity contribution in [1.29, 1.82) is 0 Å². The number of ketones is 1. The second kappa shape index (κ2) is 3.42. The minimum Gasteiger partial charge on any atom is -0.340 e. The minimum absolute atomic E-state index is 0.121. The van der Waals surface area contributed by atoms with Crippen LogP contribution in [0.25, 0.3) is 10.9 Å². The van der Waals surface area contributed by atoms with Gasteiger partial charge in [-0.05, 0) is 19.1 Å². The number of rotatable bonds is 2. The molecule has 14 heavy (non-hydrogen) atoms. The molecular weight excluding hydrogens is 200 g/mol. The molecule has 0 unspecified atom stereocenters. The van der Waals surface area contributed by atoms with Crippen LogP contribution in [0.4, 0.5) is 0 Å². The molecule has 0 atom stereocenters. The lowest BCUT2D eigenvalue weighted by Crippen LogP contribution is -2.04. The smallest absolute Gasteiger partial charge is 0.149 e. The van der Waals surface area contributed by atoms with Gasteiger partial charge in [-0.2, -0.15) is 0 Å². The maximum absolute atomic E-state index is 11.0. The lowest BCUT2D eigenvalue weighted by molar-refractivity contribution is -0.117. The number of hydrogen-bond donors (Lipinski definition) is 0. The molecule has 4 heteroatoms. The average Bonchev–Trinajstić information content (AvgIpc) is 2.49. The molecule has 2 heterocycles. The van der Waals surface area contributed by atoms with Gasteiger partial charge >= 0.3 is 0 Å². The molecule has 0 aliphatic heterocycles. The first-order valence-electron chi connectivity index (χ1n) is 4.27. The van der Waals surface area contributed by atoms with Crippen LogP contribution in [-0.2, 0) is 11.3 Å². The van der Waals surface area contributed by atoms with Crippen LogP contribution >= 0.6 is 11.6 Å². The number of aromatic nitrogens is 2. The van der Waals surface area contributed by atoms with E-state index in [9.17, 15) is 4.79 Å². The molecule has 0 bridgehead atoms. The largest absolute Gasteiger partial charge is 0.340 e. The number of nitrogens with zero attached hydrogens (tertiary/aromatic N) is 2. The van der Waals surface area contributed by atoms with E-state index in [1.165, 1.54) is 0 Å². The van der Waals surface area contributed by atoms with E-state index in [0.717, 1.165) is 10.9 Å². The number of pyridine rings is 1. The Labute approximate surface area is 86.3 Å². The summed E-state index contributed by atoms with van der Waals surface area (Å²) in [7, 11) is 0. The van der Waals surface area contributed by atoms with Gasteiger partial charge < -0.3 is 4.57 Å². The fourth-order valence-electron chi connectivity index (χ4n) is 1.47. The van der Waals surface area contributed by atoms with E-state index in [1.807, 2.05) is 22.9 Å². The first-order valence-corrected chi connectivity index (χ1v) is 4.65. The Hall–Kier alpha value is -1.35. The molecule has 0 fully saturated rings. The molecule has 0 aromatic carbocycles. The van der Waals surface area contributed by atoms with Crippen LogP contribution in [0.3, 0.4) is 0 Å². The van der Waals surface area contributed by atoms with Gasteiger partial charge in [-0.15, -0.1) is 0 Å². The number of carbonyl (C=O) groups excluding carboxylic acids is 1. The predicted molar refractivity (Wildman–Crippen MR) is 55.4 cm³/mol. The normalized spacial score (nSPS) is 10.7. The highest BCUT2D eigenvalue weighted by Crippen LogP contribution is 2.21. The topological polar surface area (TPSA) is 34.9 Å². The second-order valence-corrected chi connectivity index (χ2v) is 3.54. The molecule has 0 N–H and O–H groups in total. The summed E-state index contributed by atoms with van der Waals surface area (Å²) in [4.78, 5) is 14.9. The summed E-state index contributed by atoms with van der Waals surface area (Å²) in [6.07, 6.45) is 3.49. The number of carbonyl (C=O) groups is 1. The van der Waals surface area contributed by atoms with Gasteiger partial charge in [0.2, 0.25) is 0 Å². The Morgan fingerprint density at radius 2 is 2.36 bits per heavy atom. The van der Waals surface area contributed by atoms with Crippen LogP contribution in [0.15, 0.2) is 24.5 Å². The van der Waals surface area contributed by atoms with Crippen LogP contribution in [0.2, 0.25) is 5.15 Å². The van der Waals surface area contributed by atoms with Gasteiger partial charge in [0.1, 0.15) is 10.9 Å². The number of fused-ring (bicyclic) bond motifs is 1. The number of halogens is 1. The highest BCUT2D eigenvalue weighted by Gasteiger charge is 2.05. The lowest BCUT2D eigenvalue weighted by Gasteiger charge is -2.01.